The lowest BCUT2D eigenvalue weighted by atomic mass is 10.0. The topological polar surface area (TPSA) is 187 Å². The molecule has 0 radical (unpaired) electrons. The number of hydrogen-bond acceptors (Lipinski definition) is 12. The number of benzene rings is 4. The highest BCUT2D eigenvalue weighted by Crippen LogP contribution is 2.40. The number of ether oxygens (including phenoxy) is 3. The molecule has 366 valence electrons. The number of β-amino-alcohol motifs (C(OH)–C–C–N with tert-alkyl or cyclic N) is 1. The molecule has 4 amide bonds. The molecule has 2 aliphatic heterocycles. The Labute approximate surface area is 411 Å². The molecule has 2 saturated heterocycles. The number of carbonyl (C=O) groups excluding carboxylic acids is 4. The number of alkyl halides is 3. The number of amides is 4. The molecule has 0 aliphatic carbocycles. The smallest absolute Gasteiger partial charge is 0.417 e. The molecule has 20 heteroatoms. The molecule has 0 bridgehead atoms. The predicted molar refractivity (Wildman–Crippen MR) is 259 cm³/mol. The number of carbonyl (C=O) groups is 4. The molecule has 1 aromatic heterocycles. The third-order valence-electron chi connectivity index (χ3n) is 11.7. The Balaban J connectivity index is 0.786. The summed E-state index contributed by atoms with van der Waals surface area (Å²) in [6.07, 6.45) is -4.25. The van der Waals surface area contributed by atoms with Crippen LogP contribution in [0.15, 0.2) is 96.5 Å². The van der Waals surface area contributed by atoms with Gasteiger partial charge in [-0.1, -0.05) is 36.4 Å². The third kappa shape index (κ3) is 12.1. The molecule has 1 unspecified atom stereocenters. The van der Waals surface area contributed by atoms with Crippen LogP contribution in [0.5, 0.6) is 11.5 Å². The summed E-state index contributed by atoms with van der Waals surface area (Å²) >= 11 is 7.19. The lowest BCUT2D eigenvalue weighted by molar-refractivity contribution is -0.139. The number of aliphatic hydroxyl groups is 1. The molecule has 3 N–H and O–H groups in total. The molecular formula is C50H50F3N7O8S2. The lowest BCUT2D eigenvalue weighted by Gasteiger charge is -2.29. The van der Waals surface area contributed by atoms with Gasteiger partial charge in [0.1, 0.15) is 36.3 Å². The number of thiazole rings is 1. The van der Waals surface area contributed by atoms with Crippen molar-refractivity contribution in [3.05, 3.63) is 124 Å². The summed E-state index contributed by atoms with van der Waals surface area (Å²) in [6, 6.07) is 25.9. The zero-order valence-electron chi connectivity index (χ0n) is 38.5. The number of nitrogens with zero attached hydrogens (tertiary/aromatic N) is 5. The number of halogens is 3. The summed E-state index contributed by atoms with van der Waals surface area (Å²) < 4.78 is 58.4. The quantitative estimate of drug-likeness (QED) is 0.0587. The van der Waals surface area contributed by atoms with E-state index in [1.165, 1.54) is 11.0 Å². The molecule has 15 nitrogen and oxygen atoms in total. The van der Waals surface area contributed by atoms with Gasteiger partial charge >= 0.3 is 6.18 Å². The number of aromatic nitrogens is 1. The minimum Gasteiger partial charge on any atom is -0.494 e. The first-order valence-corrected chi connectivity index (χ1v) is 23.6. The largest absolute Gasteiger partial charge is 0.494 e. The number of nitrogens with one attached hydrogen (secondary N) is 2. The number of nitriles is 1. The van der Waals surface area contributed by atoms with Crippen molar-refractivity contribution in [3.63, 3.8) is 0 Å². The van der Waals surface area contributed by atoms with Crippen molar-refractivity contribution in [2.24, 2.45) is 0 Å². The summed E-state index contributed by atoms with van der Waals surface area (Å²) in [5.74, 6) is -0.772. The van der Waals surface area contributed by atoms with Crippen molar-refractivity contribution < 1.29 is 51.7 Å². The Morgan fingerprint density at radius 1 is 0.943 bits per heavy atom. The average molecular weight is 998 g/mol. The number of likely N-dealkylation sites (tertiary alicyclic amines) is 1. The first-order valence-electron chi connectivity index (χ1n) is 22.3. The van der Waals surface area contributed by atoms with Crippen molar-refractivity contribution in [1.82, 2.24) is 20.5 Å². The number of aryl methyl sites for hydroxylation is 2. The fourth-order valence-electron chi connectivity index (χ4n) is 8.12. The Kier molecular flexibility index (Phi) is 16.2. The fraction of sp³-hybridized carbons (Fsp3) is 0.340. The second kappa shape index (κ2) is 22.2. The van der Waals surface area contributed by atoms with Gasteiger partial charge in [0.15, 0.2) is 5.11 Å². The molecule has 2 fully saturated rings. The SMILES string of the molecule is Cc1ncsc1-c1ccc(CNC(=O)C2C[C@H](O)CN2C(=O)CNC(=O)COCCOc2cccc(CCCOc3ccc(N4C(=S)N(c5ccc(C#N)c(C(F)(F)F)c5)C(=O)C4(C)C)cc3)c2)cc1. The van der Waals surface area contributed by atoms with Crippen LogP contribution >= 0.6 is 23.6 Å². The summed E-state index contributed by atoms with van der Waals surface area (Å²) in [5, 5.41) is 24.9. The van der Waals surface area contributed by atoms with Crippen LogP contribution < -0.4 is 29.9 Å². The molecule has 3 heterocycles. The van der Waals surface area contributed by atoms with E-state index < -0.39 is 58.6 Å². The van der Waals surface area contributed by atoms with Crippen molar-refractivity contribution >= 4 is 63.7 Å². The van der Waals surface area contributed by atoms with Gasteiger partial charge < -0.3 is 39.8 Å². The van der Waals surface area contributed by atoms with E-state index in [1.54, 1.807) is 72.0 Å². The monoisotopic (exact) mass is 997 g/mol. The van der Waals surface area contributed by atoms with Gasteiger partial charge in [-0.25, -0.2) is 4.98 Å². The molecular weight excluding hydrogens is 948 g/mol. The highest BCUT2D eigenvalue weighted by Gasteiger charge is 2.51. The molecule has 70 heavy (non-hydrogen) atoms. The Bertz CT molecular complexity index is 2760. The maximum atomic E-state index is 13.7. The van der Waals surface area contributed by atoms with Gasteiger partial charge in [0, 0.05) is 25.2 Å². The molecule has 0 spiro atoms. The molecule has 4 aromatic carbocycles. The van der Waals surface area contributed by atoms with Gasteiger partial charge in [-0.15, -0.1) is 11.3 Å². The Hall–Kier alpha value is -6.92. The summed E-state index contributed by atoms with van der Waals surface area (Å²) in [7, 11) is 0. The molecule has 2 aliphatic rings. The Morgan fingerprint density at radius 3 is 2.37 bits per heavy atom. The molecule has 2 atom stereocenters. The van der Waals surface area contributed by atoms with E-state index in [0.29, 0.717) is 36.6 Å². The summed E-state index contributed by atoms with van der Waals surface area (Å²) in [4.78, 5) is 61.5. The standard InChI is InChI=1S/C50H50F3N7O8S2/c1-31-45(70-30-57-31)34-11-9-33(10-12-34)26-56-46(64)42-24-38(61)28-58(42)44(63)27-55-43(62)29-66-20-21-68-40-8-4-6-32(22-40)7-5-19-67-39-17-15-36(16-18-39)60-48(69)59(47(65)49(60,2)3)37-14-13-35(25-54)41(23-37)50(51,52)53/h4,6,8-18,22-23,30,38,42,61H,5,7,19-21,24,26-29H2,1-3H3,(H,55,62)(H,56,64)/t38-,42?/m0/s1. The van der Waals surface area contributed by atoms with Gasteiger partial charge in [0.05, 0.1) is 64.8 Å². The van der Waals surface area contributed by atoms with Crippen molar-refractivity contribution in [3.8, 4) is 28.0 Å². The first kappa shape index (κ1) is 50.9. The van der Waals surface area contributed by atoms with E-state index in [-0.39, 0.29) is 56.7 Å². The van der Waals surface area contributed by atoms with Crippen molar-refractivity contribution in [1.29, 1.82) is 5.26 Å². The van der Waals surface area contributed by atoms with Crippen LogP contribution in [0.1, 0.15) is 54.6 Å². The molecule has 7 rings (SSSR count). The normalized spacial score (nSPS) is 16.6. The van der Waals surface area contributed by atoms with Gasteiger partial charge in [-0.2, -0.15) is 18.4 Å². The second-order valence-electron chi connectivity index (χ2n) is 17.1. The zero-order valence-corrected chi connectivity index (χ0v) is 40.1. The summed E-state index contributed by atoms with van der Waals surface area (Å²) in [6.45, 7) is 5.38. The number of rotatable bonds is 19. The van der Waals surface area contributed by atoms with Crippen LogP contribution in [0.3, 0.4) is 0 Å². The van der Waals surface area contributed by atoms with Crippen LogP contribution in [0, 0.1) is 18.3 Å². The number of hydrogen-bond donors (Lipinski definition) is 3. The van der Waals surface area contributed by atoms with E-state index in [9.17, 15) is 42.7 Å². The van der Waals surface area contributed by atoms with Crippen molar-refractivity contribution in [2.45, 2.75) is 70.4 Å². The minimum atomic E-state index is -4.81. The summed E-state index contributed by atoms with van der Waals surface area (Å²) in [5.41, 5.74) is 3.15. The lowest BCUT2D eigenvalue weighted by Crippen LogP contribution is -2.49. The highest BCUT2D eigenvalue weighted by atomic mass is 32.1. The zero-order chi connectivity index (χ0) is 50.2. The van der Waals surface area contributed by atoms with Gasteiger partial charge in [0.2, 0.25) is 17.7 Å². The maximum Gasteiger partial charge on any atom is 0.417 e. The second-order valence-corrected chi connectivity index (χ2v) is 18.3. The van der Waals surface area contributed by atoms with E-state index in [2.05, 4.69) is 15.6 Å². The third-order valence-corrected chi connectivity index (χ3v) is 13.1. The predicted octanol–water partition coefficient (Wildman–Crippen LogP) is 6.73. The van der Waals surface area contributed by atoms with Crippen LogP contribution in [0.2, 0.25) is 0 Å². The maximum absolute atomic E-state index is 13.7. The van der Waals surface area contributed by atoms with Crippen LogP contribution in [-0.2, 0) is 43.1 Å². The van der Waals surface area contributed by atoms with E-state index in [1.807, 2.05) is 49.4 Å². The molecule has 5 aromatic rings. The number of anilines is 2. The van der Waals surface area contributed by atoms with Gasteiger partial charge in [-0.3, -0.25) is 24.1 Å². The van der Waals surface area contributed by atoms with E-state index in [4.69, 9.17) is 26.4 Å². The van der Waals surface area contributed by atoms with Crippen LogP contribution in [0.4, 0.5) is 24.5 Å². The van der Waals surface area contributed by atoms with Gasteiger partial charge in [0.25, 0.3) is 5.91 Å². The van der Waals surface area contributed by atoms with E-state index >= 15 is 0 Å². The highest BCUT2D eigenvalue weighted by molar-refractivity contribution is 7.81. The molecule has 0 saturated carbocycles. The first-order chi connectivity index (χ1) is 33.4. The van der Waals surface area contributed by atoms with Gasteiger partial charge in [-0.05, 0) is 117 Å². The Morgan fingerprint density at radius 2 is 1.67 bits per heavy atom. The fourth-order valence-corrected chi connectivity index (χ4v) is 9.45. The van der Waals surface area contributed by atoms with Crippen LogP contribution in [0.25, 0.3) is 10.4 Å². The average Bonchev–Trinajstić information content (AvgIpc) is 4.01. The number of thiocarbonyl (C=S) groups is 1. The number of aliphatic hydroxyl groups excluding tert-OH is 1. The van der Waals surface area contributed by atoms with Crippen molar-refractivity contribution in [2.75, 3.05) is 49.3 Å². The van der Waals surface area contributed by atoms with E-state index in [0.717, 1.165) is 44.3 Å². The minimum absolute atomic E-state index is 0.00892. The van der Waals surface area contributed by atoms with Crippen LogP contribution in [-0.4, -0.2) is 101 Å².